The normalized spacial score (nSPS) is 12.7. The maximum atomic E-state index is 5.13. The van der Waals surface area contributed by atoms with E-state index in [1.165, 1.54) is 0 Å². The predicted octanol–water partition coefficient (Wildman–Crippen LogP) is 1.16. The van der Waals surface area contributed by atoms with Gasteiger partial charge in [0.25, 0.3) is 0 Å². The largest absolute Gasteiger partial charge is 0.383 e. The van der Waals surface area contributed by atoms with Crippen molar-refractivity contribution in [1.29, 1.82) is 0 Å². The Hall–Kier alpha value is -1.00. The summed E-state index contributed by atoms with van der Waals surface area (Å²) in [6, 6.07) is 2.08. The highest BCUT2D eigenvalue weighted by Gasteiger charge is 2.10. The average Bonchev–Trinajstić information content (AvgIpc) is 2.25. The lowest BCUT2D eigenvalue weighted by Crippen LogP contribution is -2.26. The maximum absolute atomic E-state index is 5.13. The van der Waals surface area contributed by atoms with Crippen LogP contribution >= 0.6 is 0 Å². The number of nitrogens with one attached hydrogen (secondary N) is 1. The third-order valence-electron chi connectivity index (χ3n) is 1.94. The summed E-state index contributed by atoms with van der Waals surface area (Å²) in [5.74, 6) is 0. The van der Waals surface area contributed by atoms with Crippen LogP contribution in [0.4, 0.5) is 0 Å². The number of hydrogen-bond donors (Lipinski definition) is 1. The molecule has 0 aliphatic carbocycles. The summed E-state index contributed by atoms with van der Waals surface area (Å²) in [5.41, 5.74) is 0.982. The van der Waals surface area contributed by atoms with Gasteiger partial charge in [-0.15, -0.1) is 0 Å². The van der Waals surface area contributed by atoms with Crippen molar-refractivity contribution in [3.05, 3.63) is 24.3 Å². The molecule has 0 amide bonds. The Morgan fingerprint density at radius 3 is 3.00 bits per heavy atom. The first-order chi connectivity index (χ1) is 6.88. The van der Waals surface area contributed by atoms with E-state index in [4.69, 9.17) is 4.74 Å². The molecule has 0 radical (unpaired) electrons. The highest BCUT2D eigenvalue weighted by molar-refractivity contribution is 5.04. The average molecular weight is 195 g/mol. The fraction of sp³-hybridized carbons (Fsp3) is 0.600. The molecule has 14 heavy (non-hydrogen) atoms. The summed E-state index contributed by atoms with van der Waals surface area (Å²) in [4.78, 5) is 8.09. The zero-order valence-electron chi connectivity index (χ0n) is 8.73. The molecule has 1 N–H and O–H groups in total. The van der Waals surface area contributed by atoms with Crippen LogP contribution in [0.2, 0.25) is 0 Å². The summed E-state index contributed by atoms with van der Waals surface area (Å²) in [5, 5.41) is 3.37. The molecular weight excluding hydrogens is 178 g/mol. The molecule has 0 saturated carbocycles. The van der Waals surface area contributed by atoms with Crippen molar-refractivity contribution in [3.8, 4) is 0 Å². The van der Waals surface area contributed by atoms with Crippen LogP contribution in [-0.2, 0) is 4.74 Å². The number of aromatic nitrogens is 2. The van der Waals surface area contributed by atoms with Crippen LogP contribution in [-0.4, -0.2) is 30.2 Å². The van der Waals surface area contributed by atoms with Gasteiger partial charge < -0.3 is 10.1 Å². The SMILES string of the molecule is CCCNC(COC)c1ccncn1. The van der Waals surface area contributed by atoms with Gasteiger partial charge in [0.15, 0.2) is 0 Å². The number of nitrogens with zero attached hydrogens (tertiary/aromatic N) is 2. The summed E-state index contributed by atoms with van der Waals surface area (Å²) in [6.07, 6.45) is 4.41. The van der Waals surface area contributed by atoms with E-state index in [1.54, 1.807) is 19.6 Å². The minimum absolute atomic E-state index is 0.169. The van der Waals surface area contributed by atoms with E-state index >= 15 is 0 Å². The van der Waals surface area contributed by atoms with Gasteiger partial charge in [0.2, 0.25) is 0 Å². The monoisotopic (exact) mass is 195 g/mol. The molecule has 1 aromatic heterocycles. The molecule has 0 aliphatic rings. The van der Waals surface area contributed by atoms with Gasteiger partial charge in [0, 0.05) is 13.3 Å². The molecule has 78 valence electrons. The molecule has 0 fully saturated rings. The van der Waals surface area contributed by atoms with Gasteiger partial charge in [0.1, 0.15) is 6.33 Å². The molecular formula is C10H17N3O. The number of hydrogen-bond acceptors (Lipinski definition) is 4. The molecule has 1 heterocycles. The minimum atomic E-state index is 0.169. The van der Waals surface area contributed by atoms with E-state index in [1.807, 2.05) is 6.07 Å². The maximum Gasteiger partial charge on any atom is 0.115 e. The second kappa shape index (κ2) is 6.45. The zero-order valence-corrected chi connectivity index (χ0v) is 8.73. The highest BCUT2D eigenvalue weighted by atomic mass is 16.5. The van der Waals surface area contributed by atoms with Crippen LogP contribution in [0.15, 0.2) is 18.6 Å². The third-order valence-corrected chi connectivity index (χ3v) is 1.94. The van der Waals surface area contributed by atoms with Crippen LogP contribution in [0.5, 0.6) is 0 Å². The molecule has 0 aliphatic heterocycles. The van der Waals surface area contributed by atoms with Gasteiger partial charge in [-0.25, -0.2) is 9.97 Å². The van der Waals surface area contributed by atoms with Crippen molar-refractivity contribution in [3.63, 3.8) is 0 Å². The lowest BCUT2D eigenvalue weighted by atomic mass is 10.2. The molecule has 1 unspecified atom stereocenters. The highest BCUT2D eigenvalue weighted by Crippen LogP contribution is 2.08. The molecule has 0 saturated heterocycles. The van der Waals surface area contributed by atoms with E-state index in [-0.39, 0.29) is 6.04 Å². The van der Waals surface area contributed by atoms with Crippen molar-refractivity contribution >= 4 is 0 Å². The van der Waals surface area contributed by atoms with Crippen LogP contribution in [0.3, 0.4) is 0 Å². The summed E-state index contributed by atoms with van der Waals surface area (Å²) in [7, 11) is 1.70. The summed E-state index contributed by atoms with van der Waals surface area (Å²) < 4.78 is 5.13. The minimum Gasteiger partial charge on any atom is -0.383 e. The van der Waals surface area contributed by atoms with Crippen LogP contribution in [0.25, 0.3) is 0 Å². The van der Waals surface area contributed by atoms with Gasteiger partial charge in [-0.3, -0.25) is 0 Å². The van der Waals surface area contributed by atoms with E-state index in [0.717, 1.165) is 18.7 Å². The van der Waals surface area contributed by atoms with E-state index in [9.17, 15) is 0 Å². The first kappa shape index (κ1) is 11.1. The molecule has 4 heteroatoms. The molecule has 0 bridgehead atoms. The topological polar surface area (TPSA) is 47.0 Å². The van der Waals surface area contributed by atoms with Crippen molar-refractivity contribution in [2.24, 2.45) is 0 Å². The Bertz CT molecular complexity index is 240. The fourth-order valence-corrected chi connectivity index (χ4v) is 1.24. The molecule has 0 spiro atoms. The van der Waals surface area contributed by atoms with Crippen molar-refractivity contribution in [1.82, 2.24) is 15.3 Å². The first-order valence-electron chi connectivity index (χ1n) is 4.86. The Labute approximate surface area is 84.7 Å². The van der Waals surface area contributed by atoms with Crippen molar-refractivity contribution < 1.29 is 4.74 Å². The third kappa shape index (κ3) is 3.40. The van der Waals surface area contributed by atoms with Gasteiger partial charge in [0.05, 0.1) is 18.3 Å². The molecule has 4 nitrogen and oxygen atoms in total. The number of methoxy groups -OCH3 is 1. The smallest absolute Gasteiger partial charge is 0.115 e. The van der Waals surface area contributed by atoms with E-state index in [0.29, 0.717) is 6.61 Å². The predicted molar refractivity (Wildman–Crippen MR) is 54.9 cm³/mol. The van der Waals surface area contributed by atoms with Crippen molar-refractivity contribution in [2.45, 2.75) is 19.4 Å². The van der Waals surface area contributed by atoms with Gasteiger partial charge in [-0.2, -0.15) is 0 Å². The molecule has 0 aromatic carbocycles. The quantitative estimate of drug-likeness (QED) is 0.740. The van der Waals surface area contributed by atoms with Gasteiger partial charge in [-0.05, 0) is 19.0 Å². The fourth-order valence-electron chi connectivity index (χ4n) is 1.24. The standard InChI is InChI=1S/C10H17N3O/c1-3-5-12-10(7-14-2)9-4-6-11-8-13-9/h4,6,8,10,12H,3,5,7H2,1-2H3. The number of rotatable bonds is 6. The zero-order chi connectivity index (χ0) is 10.2. The van der Waals surface area contributed by atoms with Crippen LogP contribution < -0.4 is 5.32 Å². The molecule has 1 rings (SSSR count). The second-order valence-electron chi connectivity index (χ2n) is 3.10. The Kier molecular flexibility index (Phi) is 5.11. The summed E-state index contributed by atoms with van der Waals surface area (Å²) in [6.45, 7) is 3.74. The van der Waals surface area contributed by atoms with Crippen molar-refractivity contribution in [2.75, 3.05) is 20.3 Å². The Balaban J connectivity index is 2.58. The molecule has 1 atom stereocenters. The Morgan fingerprint density at radius 2 is 2.43 bits per heavy atom. The van der Waals surface area contributed by atoms with Crippen LogP contribution in [0, 0.1) is 0 Å². The van der Waals surface area contributed by atoms with E-state index < -0.39 is 0 Å². The van der Waals surface area contributed by atoms with Crippen LogP contribution in [0.1, 0.15) is 25.1 Å². The lowest BCUT2D eigenvalue weighted by molar-refractivity contribution is 0.165. The first-order valence-corrected chi connectivity index (χ1v) is 4.86. The van der Waals surface area contributed by atoms with E-state index in [2.05, 4.69) is 22.2 Å². The Morgan fingerprint density at radius 1 is 1.57 bits per heavy atom. The summed E-state index contributed by atoms with van der Waals surface area (Å²) >= 11 is 0. The van der Waals surface area contributed by atoms with Gasteiger partial charge >= 0.3 is 0 Å². The van der Waals surface area contributed by atoms with Gasteiger partial charge in [-0.1, -0.05) is 6.92 Å². The molecule has 1 aromatic rings. The number of ether oxygens (including phenoxy) is 1. The lowest BCUT2D eigenvalue weighted by Gasteiger charge is -2.16. The second-order valence-corrected chi connectivity index (χ2v) is 3.10.